The van der Waals surface area contributed by atoms with Crippen LogP contribution in [0.25, 0.3) is 0 Å². The van der Waals surface area contributed by atoms with E-state index in [1.807, 2.05) is 6.92 Å². The van der Waals surface area contributed by atoms with Gasteiger partial charge in [0.15, 0.2) is 0 Å². The van der Waals surface area contributed by atoms with Crippen LogP contribution in [0.1, 0.15) is 36.8 Å². The van der Waals surface area contributed by atoms with Gasteiger partial charge in [-0.2, -0.15) is 0 Å². The molecule has 1 heterocycles. The van der Waals surface area contributed by atoms with Crippen LogP contribution in [0.2, 0.25) is 0 Å². The van der Waals surface area contributed by atoms with E-state index in [0.29, 0.717) is 25.0 Å². The molecule has 0 aromatic carbocycles. The number of aromatic nitrogens is 1. The summed E-state index contributed by atoms with van der Waals surface area (Å²) >= 11 is 0. The van der Waals surface area contributed by atoms with E-state index in [4.69, 9.17) is 9.26 Å². The third kappa shape index (κ3) is 3.67. The smallest absolute Gasteiger partial charge is 0.312 e. The molecule has 0 bridgehead atoms. The first-order chi connectivity index (χ1) is 10.2. The average molecular weight is 330 g/mol. The summed E-state index contributed by atoms with van der Waals surface area (Å²) in [6.45, 7) is 5.40. The molecule has 2 rings (SSSR count). The van der Waals surface area contributed by atoms with E-state index in [2.05, 4.69) is 9.88 Å². The molecule has 1 fully saturated rings. The van der Waals surface area contributed by atoms with Gasteiger partial charge in [0.25, 0.3) is 0 Å². The first kappa shape index (κ1) is 17.0. The van der Waals surface area contributed by atoms with E-state index in [0.717, 1.165) is 11.3 Å². The van der Waals surface area contributed by atoms with Gasteiger partial charge in [-0.3, -0.25) is 4.79 Å². The molecule has 8 heteroatoms. The van der Waals surface area contributed by atoms with Crippen molar-refractivity contribution in [2.75, 3.05) is 12.9 Å². The van der Waals surface area contributed by atoms with E-state index >= 15 is 0 Å². The van der Waals surface area contributed by atoms with Crippen LogP contribution in [-0.4, -0.2) is 38.4 Å². The topological polar surface area (TPSA) is 98.5 Å². The molecule has 124 valence electrons. The van der Waals surface area contributed by atoms with Crippen LogP contribution in [-0.2, 0) is 26.0 Å². The second-order valence-corrected chi connectivity index (χ2v) is 7.81. The monoisotopic (exact) mass is 330 g/mol. The first-order valence-corrected chi connectivity index (χ1v) is 8.84. The lowest BCUT2D eigenvalue weighted by Crippen LogP contribution is -2.40. The minimum atomic E-state index is -3.56. The van der Waals surface area contributed by atoms with Gasteiger partial charge in [0.2, 0.25) is 10.0 Å². The Kier molecular flexibility index (Phi) is 4.62. The zero-order valence-corrected chi connectivity index (χ0v) is 14.1. The summed E-state index contributed by atoms with van der Waals surface area (Å²) in [6, 6.07) is -0.310. The summed E-state index contributed by atoms with van der Waals surface area (Å²) in [5.41, 5.74) is 0.810. The Morgan fingerprint density at radius 2 is 2.09 bits per heavy atom. The Morgan fingerprint density at radius 1 is 1.45 bits per heavy atom. The van der Waals surface area contributed by atoms with Gasteiger partial charge in [0, 0.05) is 11.6 Å². The standard InChI is InChI=1S/C14H22N2O5S/c1-9(7-12-10(2)15-21-11(12)3)16-22(18,19)8-14(5-6-14)13(17)20-4/h9,16H,5-8H2,1-4H3/t9-/m0/s1. The summed E-state index contributed by atoms with van der Waals surface area (Å²) < 4.78 is 36.9. The maximum atomic E-state index is 12.3. The van der Waals surface area contributed by atoms with E-state index in [9.17, 15) is 13.2 Å². The van der Waals surface area contributed by atoms with Crippen LogP contribution >= 0.6 is 0 Å². The van der Waals surface area contributed by atoms with Crippen LogP contribution in [0.3, 0.4) is 0 Å². The number of hydrogen-bond acceptors (Lipinski definition) is 6. The summed E-state index contributed by atoms with van der Waals surface area (Å²) in [5, 5.41) is 3.86. The largest absolute Gasteiger partial charge is 0.469 e. The molecule has 7 nitrogen and oxygen atoms in total. The second kappa shape index (κ2) is 6.00. The predicted octanol–water partition coefficient (Wildman–Crippen LogP) is 1.10. The maximum absolute atomic E-state index is 12.3. The Morgan fingerprint density at radius 3 is 2.55 bits per heavy atom. The lowest BCUT2D eigenvalue weighted by Gasteiger charge is -2.17. The molecule has 0 aliphatic heterocycles. The first-order valence-electron chi connectivity index (χ1n) is 7.19. The molecule has 0 unspecified atom stereocenters. The fraction of sp³-hybridized carbons (Fsp3) is 0.714. The Labute approximate surface area is 130 Å². The van der Waals surface area contributed by atoms with Crippen LogP contribution < -0.4 is 4.72 Å². The number of nitrogens with zero attached hydrogens (tertiary/aromatic N) is 1. The van der Waals surface area contributed by atoms with Gasteiger partial charge in [0.1, 0.15) is 5.76 Å². The number of ether oxygens (including phenoxy) is 1. The van der Waals surface area contributed by atoms with E-state index in [-0.39, 0.29) is 11.8 Å². The number of carbonyl (C=O) groups excluding carboxylic acids is 1. The predicted molar refractivity (Wildman–Crippen MR) is 79.7 cm³/mol. The highest BCUT2D eigenvalue weighted by Gasteiger charge is 2.54. The van der Waals surface area contributed by atoms with Crippen molar-refractivity contribution in [3.05, 3.63) is 17.0 Å². The number of esters is 1. The van der Waals surface area contributed by atoms with Crippen LogP contribution in [0, 0.1) is 19.3 Å². The maximum Gasteiger partial charge on any atom is 0.312 e. The number of nitrogens with one attached hydrogen (secondary N) is 1. The van der Waals surface area contributed by atoms with Gasteiger partial charge in [-0.1, -0.05) is 5.16 Å². The van der Waals surface area contributed by atoms with Crippen molar-refractivity contribution >= 4 is 16.0 Å². The lowest BCUT2D eigenvalue weighted by molar-refractivity contribution is -0.146. The number of methoxy groups -OCH3 is 1. The van der Waals surface area contributed by atoms with Gasteiger partial charge >= 0.3 is 5.97 Å². The number of carbonyl (C=O) groups is 1. The highest BCUT2D eigenvalue weighted by atomic mass is 32.2. The Hall–Kier alpha value is -1.41. The number of sulfonamides is 1. The molecule has 1 aliphatic carbocycles. The molecule has 1 N–H and O–H groups in total. The minimum Gasteiger partial charge on any atom is -0.469 e. The van der Waals surface area contributed by atoms with E-state index < -0.39 is 21.4 Å². The molecular weight excluding hydrogens is 308 g/mol. The van der Waals surface area contributed by atoms with E-state index in [1.165, 1.54) is 7.11 Å². The van der Waals surface area contributed by atoms with Gasteiger partial charge in [-0.25, -0.2) is 13.1 Å². The highest BCUT2D eigenvalue weighted by Crippen LogP contribution is 2.47. The minimum absolute atomic E-state index is 0.224. The van der Waals surface area contributed by atoms with Crippen LogP contribution in [0.4, 0.5) is 0 Å². The van der Waals surface area contributed by atoms with Gasteiger partial charge in [-0.05, 0) is 40.0 Å². The third-order valence-electron chi connectivity index (χ3n) is 4.01. The van der Waals surface area contributed by atoms with Gasteiger partial charge in [0.05, 0.1) is 24.0 Å². The lowest BCUT2D eigenvalue weighted by atomic mass is 10.1. The second-order valence-electron chi connectivity index (χ2n) is 6.06. The van der Waals surface area contributed by atoms with Crippen molar-refractivity contribution in [2.45, 2.75) is 46.1 Å². The normalized spacial score (nSPS) is 18.0. The average Bonchev–Trinajstić information content (AvgIpc) is 3.13. The van der Waals surface area contributed by atoms with Crippen molar-refractivity contribution < 1.29 is 22.5 Å². The number of rotatable bonds is 7. The molecule has 1 saturated carbocycles. The number of hydrogen-bond donors (Lipinski definition) is 1. The highest BCUT2D eigenvalue weighted by molar-refractivity contribution is 7.89. The van der Waals surface area contributed by atoms with Crippen molar-refractivity contribution in [1.29, 1.82) is 0 Å². The van der Waals surface area contributed by atoms with Crippen LogP contribution in [0.5, 0.6) is 0 Å². The quantitative estimate of drug-likeness (QED) is 0.752. The molecule has 0 radical (unpaired) electrons. The zero-order chi connectivity index (χ0) is 16.5. The molecule has 1 aromatic rings. The molecule has 1 atom stereocenters. The summed E-state index contributed by atoms with van der Waals surface area (Å²) in [4.78, 5) is 11.7. The summed E-state index contributed by atoms with van der Waals surface area (Å²) in [7, 11) is -2.28. The zero-order valence-electron chi connectivity index (χ0n) is 13.3. The van der Waals surface area contributed by atoms with Crippen LogP contribution in [0.15, 0.2) is 4.52 Å². The Bertz CT molecular complexity index is 641. The third-order valence-corrected chi connectivity index (χ3v) is 5.70. The fourth-order valence-electron chi connectivity index (χ4n) is 2.63. The summed E-state index contributed by atoms with van der Waals surface area (Å²) in [6.07, 6.45) is 1.60. The Balaban J connectivity index is 1.99. The van der Waals surface area contributed by atoms with Crippen molar-refractivity contribution in [3.63, 3.8) is 0 Å². The fourth-order valence-corrected chi connectivity index (χ4v) is 4.54. The van der Waals surface area contributed by atoms with Gasteiger partial charge < -0.3 is 9.26 Å². The summed E-state index contributed by atoms with van der Waals surface area (Å²) in [5.74, 6) is 0.0199. The molecule has 1 aliphatic rings. The number of aryl methyl sites for hydroxylation is 2. The molecule has 0 saturated heterocycles. The molecule has 1 aromatic heterocycles. The molecular formula is C14H22N2O5S. The van der Waals surface area contributed by atoms with Crippen molar-refractivity contribution in [1.82, 2.24) is 9.88 Å². The molecule has 0 spiro atoms. The molecule has 0 amide bonds. The van der Waals surface area contributed by atoms with E-state index in [1.54, 1.807) is 13.8 Å². The van der Waals surface area contributed by atoms with Gasteiger partial charge in [-0.15, -0.1) is 0 Å². The van der Waals surface area contributed by atoms with Crippen molar-refractivity contribution in [3.8, 4) is 0 Å². The molecule has 22 heavy (non-hydrogen) atoms. The van der Waals surface area contributed by atoms with Crippen molar-refractivity contribution in [2.24, 2.45) is 5.41 Å². The SMILES string of the molecule is COC(=O)C1(CS(=O)(=O)N[C@@H](C)Cc2c(C)noc2C)CC1.